The topological polar surface area (TPSA) is 24.9 Å². The van der Waals surface area contributed by atoms with E-state index in [0.29, 0.717) is 11.2 Å². The molecule has 2 heterocycles. The highest BCUT2D eigenvalue weighted by atomic mass is 35.5. The van der Waals surface area contributed by atoms with Gasteiger partial charge < -0.3 is 5.32 Å². The Hall–Kier alpha value is -0.860. The first-order valence-electron chi connectivity index (χ1n) is 6.79. The Balaban J connectivity index is 1.84. The minimum absolute atomic E-state index is 0.615. The lowest BCUT2D eigenvalue weighted by Crippen LogP contribution is -2.42. The number of allylic oxidation sites excluding steroid dienone is 1. The van der Waals surface area contributed by atoms with Gasteiger partial charge in [0.2, 0.25) is 0 Å². The molecule has 0 bridgehead atoms. The Bertz CT molecular complexity index is 481. The van der Waals surface area contributed by atoms with E-state index in [9.17, 15) is 0 Å². The van der Waals surface area contributed by atoms with Gasteiger partial charge in [0.15, 0.2) is 0 Å². The summed E-state index contributed by atoms with van der Waals surface area (Å²) in [4.78, 5) is 4.26. The number of aryl methyl sites for hydroxylation is 1. The Kier molecular flexibility index (Phi) is 3.40. The summed E-state index contributed by atoms with van der Waals surface area (Å²) in [7, 11) is 0. The number of hydrogen-bond acceptors (Lipinski definition) is 2. The molecule has 18 heavy (non-hydrogen) atoms. The molecule has 2 atom stereocenters. The predicted octanol–water partition coefficient (Wildman–Crippen LogP) is 3.59. The summed E-state index contributed by atoms with van der Waals surface area (Å²) < 4.78 is 0. The Morgan fingerprint density at radius 2 is 2.33 bits per heavy atom. The van der Waals surface area contributed by atoms with Gasteiger partial charge in [-0.25, -0.2) is 4.98 Å². The zero-order valence-electron chi connectivity index (χ0n) is 10.7. The molecule has 0 radical (unpaired) electrons. The van der Waals surface area contributed by atoms with Crippen LogP contribution in [0.5, 0.6) is 0 Å². The molecule has 1 aliphatic heterocycles. The van der Waals surface area contributed by atoms with Crippen molar-refractivity contribution in [1.82, 2.24) is 10.3 Å². The number of piperidine rings is 1. The van der Waals surface area contributed by atoms with Crippen molar-refractivity contribution in [1.29, 1.82) is 0 Å². The zero-order chi connectivity index (χ0) is 12.5. The van der Waals surface area contributed by atoms with Gasteiger partial charge in [0.25, 0.3) is 0 Å². The molecule has 2 nitrogen and oxygen atoms in total. The number of nitrogens with zero attached hydrogens (tertiary/aromatic N) is 1. The minimum Gasteiger partial charge on any atom is -0.313 e. The lowest BCUT2D eigenvalue weighted by Gasteiger charge is -2.36. The lowest BCUT2D eigenvalue weighted by atomic mass is 9.78. The molecular weight excluding hydrogens is 244 g/mol. The van der Waals surface area contributed by atoms with Crippen molar-refractivity contribution in [3.63, 3.8) is 0 Å². The van der Waals surface area contributed by atoms with Gasteiger partial charge in [-0.2, -0.15) is 0 Å². The number of nitrogens with one attached hydrogen (secondary N) is 1. The Morgan fingerprint density at radius 1 is 1.44 bits per heavy atom. The molecule has 3 rings (SSSR count). The van der Waals surface area contributed by atoms with E-state index in [1.54, 1.807) is 0 Å². The molecule has 1 fully saturated rings. The molecule has 2 aliphatic rings. The van der Waals surface area contributed by atoms with Crippen LogP contribution in [0.25, 0.3) is 5.57 Å². The average molecular weight is 263 g/mol. The molecule has 1 aromatic rings. The van der Waals surface area contributed by atoms with E-state index in [4.69, 9.17) is 11.6 Å². The molecule has 0 spiro atoms. The quantitative estimate of drug-likeness (QED) is 0.783. The van der Waals surface area contributed by atoms with Crippen molar-refractivity contribution in [3.05, 3.63) is 34.6 Å². The largest absolute Gasteiger partial charge is 0.313 e. The fourth-order valence-corrected chi connectivity index (χ4v) is 3.23. The molecule has 1 saturated heterocycles. The van der Waals surface area contributed by atoms with Gasteiger partial charge in [0, 0.05) is 12.2 Å². The minimum atomic E-state index is 0.615. The van der Waals surface area contributed by atoms with Gasteiger partial charge in [-0.05, 0) is 67.8 Å². The van der Waals surface area contributed by atoms with Crippen LogP contribution < -0.4 is 5.32 Å². The maximum atomic E-state index is 5.99. The predicted molar refractivity (Wildman–Crippen MR) is 75.7 cm³/mol. The van der Waals surface area contributed by atoms with E-state index in [2.05, 4.69) is 22.4 Å². The lowest BCUT2D eigenvalue weighted by molar-refractivity contribution is 0.278. The van der Waals surface area contributed by atoms with Crippen LogP contribution in [0.4, 0.5) is 0 Å². The van der Waals surface area contributed by atoms with Gasteiger partial charge in [-0.15, -0.1) is 0 Å². The van der Waals surface area contributed by atoms with Crippen LogP contribution in [0.15, 0.2) is 18.3 Å². The van der Waals surface area contributed by atoms with E-state index < -0.39 is 0 Å². The summed E-state index contributed by atoms with van der Waals surface area (Å²) in [6.45, 7) is 3.19. The summed E-state index contributed by atoms with van der Waals surface area (Å²) in [6, 6.07) is 2.82. The Labute approximate surface area is 113 Å². The fourth-order valence-electron chi connectivity index (χ4n) is 3.12. The van der Waals surface area contributed by atoms with E-state index in [0.717, 1.165) is 17.9 Å². The van der Waals surface area contributed by atoms with Crippen molar-refractivity contribution in [3.8, 4) is 0 Å². The van der Waals surface area contributed by atoms with Gasteiger partial charge in [-0.3, -0.25) is 0 Å². The highest BCUT2D eigenvalue weighted by molar-refractivity contribution is 6.30. The molecular formula is C15H19ClN2. The summed E-state index contributed by atoms with van der Waals surface area (Å²) in [5, 5.41) is 4.27. The summed E-state index contributed by atoms with van der Waals surface area (Å²) in [6.07, 6.45) is 9.34. The number of halogens is 1. The van der Waals surface area contributed by atoms with Gasteiger partial charge in [0.05, 0.1) is 0 Å². The first-order chi connectivity index (χ1) is 8.74. The number of rotatable bonds is 1. The number of hydrogen-bond donors (Lipinski definition) is 1. The molecule has 96 valence electrons. The second kappa shape index (κ2) is 5.02. The van der Waals surface area contributed by atoms with Crippen molar-refractivity contribution in [2.75, 3.05) is 6.54 Å². The second-order valence-electron chi connectivity index (χ2n) is 5.46. The van der Waals surface area contributed by atoms with Crippen LogP contribution in [-0.2, 0) is 0 Å². The monoisotopic (exact) mass is 262 g/mol. The maximum Gasteiger partial charge on any atom is 0.131 e. The van der Waals surface area contributed by atoms with Crippen molar-refractivity contribution >= 4 is 17.2 Å². The Morgan fingerprint density at radius 3 is 3.17 bits per heavy atom. The smallest absolute Gasteiger partial charge is 0.131 e. The molecule has 1 aliphatic carbocycles. The van der Waals surface area contributed by atoms with E-state index in [1.807, 2.05) is 13.1 Å². The summed E-state index contributed by atoms with van der Waals surface area (Å²) >= 11 is 5.99. The normalized spacial score (nSPS) is 27.6. The summed E-state index contributed by atoms with van der Waals surface area (Å²) in [5.41, 5.74) is 3.73. The molecule has 0 amide bonds. The van der Waals surface area contributed by atoms with Gasteiger partial charge in [-0.1, -0.05) is 17.7 Å². The van der Waals surface area contributed by atoms with Crippen LogP contribution >= 0.6 is 11.6 Å². The molecule has 0 saturated carbocycles. The van der Waals surface area contributed by atoms with Crippen LogP contribution in [0.3, 0.4) is 0 Å². The second-order valence-corrected chi connectivity index (χ2v) is 5.82. The van der Waals surface area contributed by atoms with E-state index in [1.165, 1.54) is 36.9 Å². The van der Waals surface area contributed by atoms with Crippen molar-refractivity contribution < 1.29 is 0 Å². The third-order valence-electron chi connectivity index (χ3n) is 4.22. The van der Waals surface area contributed by atoms with Crippen LogP contribution in [-0.4, -0.2) is 17.6 Å². The number of pyridine rings is 1. The van der Waals surface area contributed by atoms with Gasteiger partial charge >= 0.3 is 0 Å². The highest BCUT2D eigenvalue weighted by Gasteiger charge is 2.28. The van der Waals surface area contributed by atoms with Crippen LogP contribution in [0.1, 0.15) is 36.8 Å². The summed E-state index contributed by atoms with van der Waals surface area (Å²) in [5.74, 6) is 0.837. The zero-order valence-corrected chi connectivity index (χ0v) is 11.5. The first kappa shape index (κ1) is 12.2. The number of aromatic nitrogens is 1. The van der Waals surface area contributed by atoms with Crippen LogP contribution in [0.2, 0.25) is 5.15 Å². The molecule has 3 heteroatoms. The molecule has 0 aromatic carbocycles. The van der Waals surface area contributed by atoms with Crippen molar-refractivity contribution in [2.24, 2.45) is 5.92 Å². The van der Waals surface area contributed by atoms with E-state index >= 15 is 0 Å². The molecule has 1 N–H and O–H groups in total. The fraction of sp³-hybridized carbons (Fsp3) is 0.533. The van der Waals surface area contributed by atoms with Crippen LogP contribution in [0, 0.1) is 12.8 Å². The standard InChI is InChI=1S/C15H19ClN2/c1-10-7-13(9-18-15(10)16)12-5-4-11-3-2-6-17-14(11)8-12/h5,7,9,11,14,17H,2-4,6,8H2,1H3/t11-,14+/m1/s1. The average Bonchev–Trinajstić information content (AvgIpc) is 2.41. The third-order valence-corrected chi connectivity index (χ3v) is 4.61. The van der Waals surface area contributed by atoms with E-state index in [-0.39, 0.29) is 0 Å². The SMILES string of the molecule is Cc1cc(C2=CC[C@H]3CCCN[C@H]3C2)cnc1Cl. The first-order valence-corrected chi connectivity index (χ1v) is 7.17. The molecule has 1 aromatic heterocycles. The maximum absolute atomic E-state index is 5.99. The third kappa shape index (κ3) is 2.32. The number of fused-ring (bicyclic) bond motifs is 1. The van der Waals surface area contributed by atoms with Crippen molar-refractivity contribution in [2.45, 2.75) is 38.6 Å². The highest BCUT2D eigenvalue weighted by Crippen LogP contribution is 2.34. The van der Waals surface area contributed by atoms with Gasteiger partial charge in [0.1, 0.15) is 5.15 Å². The molecule has 0 unspecified atom stereocenters.